The molecule has 0 unspecified atom stereocenters. The van der Waals surface area contributed by atoms with Gasteiger partial charge in [-0.15, -0.1) is 0 Å². The predicted molar refractivity (Wildman–Crippen MR) is 126 cm³/mol. The van der Waals surface area contributed by atoms with Gasteiger partial charge in [0.2, 0.25) is 8.32 Å². The van der Waals surface area contributed by atoms with Gasteiger partial charge in [-0.25, -0.2) is 8.42 Å². The van der Waals surface area contributed by atoms with Crippen LogP contribution in [0.2, 0.25) is 0 Å². The first kappa shape index (κ1) is 22.5. The number of hydrogen-bond acceptors (Lipinski definition) is 3. The van der Waals surface area contributed by atoms with Crippen LogP contribution in [0.15, 0.2) is 91.0 Å². The Hall–Kier alpha value is -2.21. The van der Waals surface area contributed by atoms with Gasteiger partial charge in [-0.3, -0.25) is 0 Å². The third-order valence-electron chi connectivity index (χ3n) is 5.16. The van der Waals surface area contributed by atoms with E-state index in [1.807, 2.05) is 61.5 Å². The lowest BCUT2D eigenvalue weighted by Crippen LogP contribution is -2.49. The predicted octanol–water partition coefficient (Wildman–Crippen LogP) is 5.42. The normalized spacial score (nSPS) is 12.0. The van der Waals surface area contributed by atoms with Crippen molar-refractivity contribution in [2.75, 3.05) is 5.75 Å². The molecule has 158 valence electrons. The van der Waals surface area contributed by atoms with Gasteiger partial charge in [0.05, 0.1) is 5.75 Å². The van der Waals surface area contributed by atoms with Crippen LogP contribution in [0.5, 0.6) is 0 Å². The van der Waals surface area contributed by atoms with Gasteiger partial charge in [-0.1, -0.05) is 104 Å². The maximum absolute atomic E-state index is 13.0. The summed E-state index contributed by atoms with van der Waals surface area (Å²) in [6, 6.07) is 32.4. The summed E-state index contributed by atoms with van der Waals surface area (Å²) in [4.78, 5) is 0. The van der Waals surface area contributed by atoms with Crippen molar-refractivity contribution in [3.63, 3.8) is 0 Å². The van der Waals surface area contributed by atoms with Crippen LogP contribution >= 0.6 is 0 Å². The molecule has 3 aromatic carbocycles. The molecule has 3 nitrogen and oxygen atoms in total. The Morgan fingerprint density at radius 3 is 1.37 bits per heavy atom. The molecule has 0 heterocycles. The second-order valence-electron chi connectivity index (χ2n) is 7.87. The monoisotopic (exact) mass is 438 g/mol. The van der Waals surface area contributed by atoms with E-state index in [0.29, 0.717) is 24.6 Å². The van der Waals surface area contributed by atoms with Crippen LogP contribution < -0.4 is 0 Å². The summed E-state index contributed by atoms with van der Waals surface area (Å²) >= 11 is 0. The van der Waals surface area contributed by atoms with Crippen molar-refractivity contribution in [2.45, 2.75) is 37.9 Å². The van der Waals surface area contributed by atoms with Crippen molar-refractivity contribution in [1.29, 1.82) is 0 Å². The third-order valence-corrected chi connectivity index (χ3v) is 11.5. The van der Waals surface area contributed by atoms with E-state index < -0.39 is 18.4 Å². The fourth-order valence-corrected chi connectivity index (χ4v) is 11.0. The van der Waals surface area contributed by atoms with Gasteiger partial charge < -0.3 is 3.87 Å². The molecule has 0 saturated heterocycles. The minimum Gasteiger partial charge on any atom is -0.314 e. The second kappa shape index (κ2) is 10.7. The highest BCUT2D eigenvalue weighted by Crippen LogP contribution is 2.26. The van der Waals surface area contributed by atoms with Crippen molar-refractivity contribution in [1.82, 2.24) is 0 Å². The van der Waals surface area contributed by atoms with Gasteiger partial charge >= 0.3 is 0 Å². The Morgan fingerprint density at radius 1 is 0.667 bits per heavy atom. The van der Waals surface area contributed by atoms with Gasteiger partial charge in [0.25, 0.3) is 10.1 Å². The van der Waals surface area contributed by atoms with Gasteiger partial charge in [0.15, 0.2) is 0 Å². The maximum atomic E-state index is 13.0. The molecule has 0 fully saturated rings. The summed E-state index contributed by atoms with van der Waals surface area (Å²) in [5.74, 6) is 0.0800. The number of hydrogen-bond donors (Lipinski definition) is 0. The second-order valence-corrected chi connectivity index (χ2v) is 13.5. The highest BCUT2D eigenvalue weighted by Gasteiger charge is 2.40. The quantitative estimate of drug-likeness (QED) is 0.375. The van der Waals surface area contributed by atoms with Gasteiger partial charge in [0.1, 0.15) is 0 Å². The fourth-order valence-electron chi connectivity index (χ4n) is 3.81. The Morgan fingerprint density at radius 2 is 1.03 bits per heavy atom. The molecular formula is C25H30O3SSi. The zero-order valence-corrected chi connectivity index (χ0v) is 19.4. The van der Waals surface area contributed by atoms with E-state index in [1.54, 1.807) is 0 Å². The average molecular weight is 439 g/mol. The van der Waals surface area contributed by atoms with Crippen molar-refractivity contribution < 1.29 is 12.3 Å². The van der Waals surface area contributed by atoms with Crippen LogP contribution in [0.25, 0.3) is 0 Å². The van der Waals surface area contributed by atoms with E-state index in [1.165, 1.54) is 0 Å². The van der Waals surface area contributed by atoms with Crippen molar-refractivity contribution in [3.8, 4) is 0 Å². The lowest BCUT2D eigenvalue weighted by molar-refractivity contribution is 0.469. The van der Waals surface area contributed by atoms with Crippen LogP contribution in [-0.4, -0.2) is 22.5 Å². The third kappa shape index (κ3) is 6.94. The Bertz CT molecular complexity index is 889. The molecule has 30 heavy (non-hydrogen) atoms. The molecule has 0 radical (unpaired) electrons. The molecular weight excluding hydrogens is 408 g/mol. The van der Waals surface area contributed by atoms with Crippen molar-refractivity contribution in [3.05, 3.63) is 108 Å². The van der Waals surface area contributed by atoms with E-state index in [2.05, 4.69) is 36.4 Å². The van der Waals surface area contributed by atoms with Crippen LogP contribution in [-0.2, 0) is 32.1 Å². The average Bonchev–Trinajstić information content (AvgIpc) is 2.74. The smallest absolute Gasteiger partial charge is 0.257 e. The van der Waals surface area contributed by atoms with Crippen molar-refractivity contribution in [2.24, 2.45) is 0 Å². The number of unbranched alkanes of at least 4 members (excludes halogenated alkanes) is 1. The minimum absolute atomic E-state index is 0.0800. The topological polar surface area (TPSA) is 43.4 Å². The Labute approximate surface area is 182 Å². The van der Waals surface area contributed by atoms with Crippen LogP contribution in [0.3, 0.4) is 0 Å². The number of benzene rings is 3. The summed E-state index contributed by atoms with van der Waals surface area (Å²) < 4.78 is 32.2. The molecule has 0 amide bonds. The minimum atomic E-state index is -3.60. The lowest BCUT2D eigenvalue weighted by Gasteiger charge is -2.31. The zero-order chi connectivity index (χ0) is 21.3. The van der Waals surface area contributed by atoms with Gasteiger partial charge in [0, 0.05) is 0 Å². The largest absolute Gasteiger partial charge is 0.314 e. The van der Waals surface area contributed by atoms with Crippen LogP contribution in [0.4, 0.5) is 0 Å². The standard InChI is InChI=1S/C25H30O3SSi/c1-2-3-19-29(26,27)28-30(20-23-13-7-4-8-14-23,21-24-15-9-5-10-16-24)22-25-17-11-6-12-18-25/h4-18H,2-3,19-22H2,1H3. The van der Waals surface area contributed by atoms with Crippen molar-refractivity contribution >= 4 is 18.4 Å². The lowest BCUT2D eigenvalue weighted by atomic mass is 10.2. The molecule has 0 aromatic heterocycles. The molecule has 0 spiro atoms. The van der Waals surface area contributed by atoms with Crippen LogP contribution in [0.1, 0.15) is 36.5 Å². The highest BCUT2D eigenvalue weighted by atomic mass is 32.2. The highest BCUT2D eigenvalue weighted by molar-refractivity contribution is 7.87. The van der Waals surface area contributed by atoms with E-state index in [9.17, 15) is 8.42 Å². The molecule has 0 bridgehead atoms. The molecule has 0 aliphatic carbocycles. The molecule has 0 atom stereocenters. The SMILES string of the molecule is CCCCS(=O)(=O)O[Si](Cc1ccccc1)(Cc1ccccc1)Cc1ccccc1. The first-order valence-electron chi connectivity index (χ1n) is 10.6. The van der Waals surface area contributed by atoms with Gasteiger partial charge in [-0.05, 0) is 41.2 Å². The van der Waals surface area contributed by atoms with E-state index >= 15 is 0 Å². The maximum Gasteiger partial charge on any atom is 0.257 e. The first-order chi connectivity index (χ1) is 14.5. The molecule has 0 N–H and O–H groups in total. The summed E-state index contributed by atoms with van der Waals surface area (Å²) in [7, 11) is -6.39. The molecule has 3 rings (SSSR count). The molecule has 0 saturated carbocycles. The summed E-state index contributed by atoms with van der Waals surface area (Å²) in [6.07, 6.45) is 1.45. The molecule has 3 aromatic rings. The Kier molecular flexibility index (Phi) is 8.02. The van der Waals surface area contributed by atoms with E-state index in [-0.39, 0.29) is 5.75 Å². The van der Waals surface area contributed by atoms with Gasteiger partial charge in [-0.2, -0.15) is 0 Å². The molecule has 0 aliphatic rings. The molecule has 5 heteroatoms. The van der Waals surface area contributed by atoms with E-state index in [0.717, 1.165) is 23.1 Å². The Balaban J connectivity index is 2.03. The van der Waals surface area contributed by atoms with E-state index in [4.69, 9.17) is 3.87 Å². The summed E-state index contributed by atoms with van der Waals surface area (Å²) in [6.45, 7) is 2.00. The number of rotatable bonds is 11. The fraction of sp³-hybridized carbons (Fsp3) is 0.280. The summed E-state index contributed by atoms with van der Waals surface area (Å²) in [5.41, 5.74) is 3.38. The summed E-state index contributed by atoms with van der Waals surface area (Å²) in [5, 5.41) is 0. The van der Waals surface area contributed by atoms with Crippen LogP contribution in [0, 0.1) is 0 Å². The zero-order valence-electron chi connectivity index (χ0n) is 17.5. The molecule has 0 aliphatic heterocycles. The first-order valence-corrected chi connectivity index (χ1v) is 14.7.